The second kappa shape index (κ2) is 7.05. The highest BCUT2D eigenvalue weighted by molar-refractivity contribution is 5.95. The molecule has 2 rings (SSSR count). The Kier molecular flexibility index (Phi) is 5.12. The smallest absolute Gasteiger partial charge is 0.305 e. The molecule has 0 saturated carbocycles. The summed E-state index contributed by atoms with van der Waals surface area (Å²) in [6, 6.07) is 9.28. The first-order valence-corrected chi connectivity index (χ1v) is 6.97. The van der Waals surface area contributed by atoms with Gasteiger partial charge in [0.1, 0.15) is 0 Å². The van der Waals surface area contributed by atoms with Gasteiger partial charge in [0, 0.05) is 18.8 Å². The molecule has 0 bridgehead atoms. The van der Waals surface area contributed by atoms with E-state index in [4.69, 9.17) is 5.11 Å². The summed E-state index contributed by atoms with van der Waals surface area (Å²) in [6.45, 7) is 1.84. The summed E-state index contributed by atoms with van der Waals surface area (Å²) in [5.74, 6) is -0.928. The van der Waals surface area contributed by atoms with E-state index in [2.05, 4.69) is 5.32 Å². The first kappa shape index (κ1) is 14.5. The van der Waals surface area contributed by atoms with Crippen LogP contribution in [0.15, 0.2) is 30.3 Å². The van der Waals surface area contributed by atoms with E-state index in [1.807, 2.05) is 30.3 Å². The van der Waals surface area contributed by atoms with Crippen LogP contribution in [0.25, 0.3) is 0 Å². The van der Waals surface area contributed by atoms with Crippen LogP contribution < -0.4 is 10.2 Å². The zero-order chi connectivity index (χ0) is 14.4. The number of anilines is 1. The van der Waals surface area contributed by atoms with Crippen molar-refractivity contribution < 1.29 is 14.7 Å². The average Bonchev–Trinajstić information content (AvgIpc) is 2.49. The average molecular weight is 276 g/mol. The topological polar surface area (TPSA) is 69.6 Å². The van der Waals surface area contributed by atoms with Crippen molar-refractivity contribution in [2.24, 2.45) is 5.92 Å². The molecular formula is C15H20N2O3. The summed E-state index contributed by atoms with van der Waals surface area (Å²) < 4.78 is 0. The van der Waals surface area contributed by atoms with Crippen molar-refractivity contribution in [3.05, 3.63) is 30.3 Å². The van der Waals surface area contributed by atoms with Crippen LogP contribution in [0.5, 0.6) is 0 Å². The van der Waals surface area contributed by atoms with Gasteiger partial charge in [-0.15, -0.1) is 0 Å². The summed E-state index contributed by atoms with van der Waals surface area (Å²) in [6.07, 6.45) is 1.81. The van der Waals surface area contributed by atoms with E-state index in [1.54, 1.807) is 4.90 Å². The summed E-state index contributed by atoms with van der Waals surface area (Å²) in [5.41, 5.74) is 0.768. The number of hydrogen-bond donors (Lipinski definition) is 2. The van der Waals surface area contributed by atoms with E-state index in [1.165, 1.54) is 0 Å². The van der Waals surface area contributed by atoms with E-state index < -0.39 is 5.97 Å². The van der Waals surface area contributed by atoms with Gasteiger partial charge in [-0.05, 0) is 31.5 Å². The van der Waals surface area contributed by atoms with E-state index in [0.717, 1.165) is 25.1 Å². The van der Waals surface area contributed by atoms with Crippen molar-refractivity contribution in [2.75, 3.05) is 24.5 Å². The highest BCUT2D eigenvalue weighted by atomic mass is 16.4. The molecule has 1 atom stereocenters. The molecule has 108 valence electrons. The zero-order valence-corrected chi connectivity index (χ0v) is 11.4. The lowest BCUT2D eigenvalue weighted by Gasteiger charge is -2.29. The molecule has 5 nitrogen and oxygen atoms in total. The predicted molar refractivity (Wildman–Crippen MR) is 76.6 cm³/mol. The van der Waals surface area contributed by atoms with Gasteiger partial charge in [0.05, 0.1) is 12.3 Å². The number of nitrogens with one attached hydrogen (secondary N) is 1. The van der Waals surface area contributed by atoms with E-state index in [0.29, 0.717) is 6.54 Å². The number of piperidine rings is 1. The number of hydrogen-bond acceptors (Lipinski definition) is 3. The normalized spacial score (nSPS) is 18.5. The predicted octanol–water partition coefficient (Wildman–Crippen LogP) is 1.49. The Morgan fingerprint density at radius 1 is 1.30 bits per heavy atom. The van der Waals surface area contributed by atoms with Crippen molar-refractivity contribution >= 4 is 17.6 Å². The number of benzene rings is 1. The van der Waals surface area contributed by atoms with E-state index in [-0.39, 0.29) is 24.8 Å². The van der Waals surface area contributed by atoms with Gasteiger partial charge in [0.25, 0.3) is 0 Å². The molecule has 0 aromatic heterocycles. The molecule has 1 saturated heterocycles. The zero-order valence-electron chi connectivity index (χ0n) is 11.4. The lowest BCUT2D eigenvalue weighted by atomic mass is 9.97. The van der Waals surface area contributed by atoms with E-state index in [9.17, 15) is 9.59 Å². The molecule has 5 heteroatoms. The highest BCUT2D eigenvalue weighted by Crippen LogP contribution is 2.20. The molecule has 0 radical (unpaired) electrons. The standard InChI is InChI=1S/C15H20N2O3/c18-14(19)8-10-17(13-6-2-1-3-7-13)15(20)12-5-4-9-16-11-12/h1-3,6-7,12,16H,4-5,8-11H2,(H,18,19). The third kappa shape index (κ3) is 3.81. The molecule has 0 aliphatic carbocycles. The molecule has 1 aliphatic rings. The number of carbonyl (C=O) groups excluding carboxylic acids is 1. The Morgan fingerprint density at radius 2 is 2.05 bits per heavy atom. The number of carbonyl (C=O) groups is 2. The third-order valence-corrected chi connectivity index (χ3v) is 3.53. The summed E-state index contributed by atoms with van der Waals surface area (Å²) in [5, 5.41) is 12.1. The van der Waals surface area contributed by atoms with Crippen LogP contribution in [0, 0.1) is 5.92 Å². The fraction of sp³-hybridized carbons (Fsp3) is 0.467. The molecule has 1 amide bonds. The molecule has 0 spiro atoms. The SMILES string of the molecule is O=C(O)CCN(C(=O)C1CCCNC1)c1ccccc1. The number of para-hydroxylation sites is 1. The highest BCUT2D eigenvalue weighted by Gasteiger charge is 2.27. The third-order valence-electron chi connectivity index (χ3n) is 3.53. The maximum atomic E-state index is 12.6. The summed E-state index contributed by atoms with van der Waals surface area (Å²) in [7, 11) is 0. The monoisotopic (exact) mass is 276 g/mol. The minimum Gasteiger partial charge on any atom is -0.481 e. The molecule has 1 aromatic rings. The Bertz CT molecular complexity index is 455. The van der Waals surface area contributed by atoms with Crippen LogP contribution in [0.4, 0.5) is 5.69 Å². The van der Waals surface area contributed by atoms with Crippen LogP contribution in [0.2, 0.25) is 0 Å². The quantitative estimate of drug-likeness (QED) is 0.855. The van der Waals surface area contributed by atoms with Gasteiger partial charge in [-0.25, -0.2) is 0 Å². The number of rotatable bonds is 5. The summed E-state index contributed by atoms with van der Waals surface area (Å²) in [4.78, 5) is 25.0. The molecule has 1 aliphatic heterocycles. The lowest BCUT2D eigenvalue weighted by Crippen LogP contribution is -2.44. The number of nitrogens with zero attached hydrogens (tertiary/aromatic N) is 1. The minimum absolute atomic E-state index is 0.0182. The fourth-order valence-corrected chi connectivity index (χ4v) is 2.46. The van der Waals surface area contributed by atoms with Gasteiger partial charge in [-0.2, -0.15) is 0 Å². The summed E-state index contributed by atoms with van der Waals surface area (Å²) >= 11 is 0. The molecule has 1 heterocycles. The van der Waals surface area contributed by atoms with Gasteiger partial charge in [0.2, 0.25) is 5.91 Å². The van der Waals surface area contributed by atoms with Gasteiger partial charge >= 0.3 is 5.97 Å². The van der Waals surface area contributed by atoms with Crippen molar-refractivity contribution in [3.8, 4) is 0 Å². The molecular weight excluding hydrogens is 256 g/mol. The number of amides is 1. The van der Waals surface area contributed by atoms with Gasteiger partial charge < -0.3 is 15.3 Å². The number of carboxylic acids is 1. The Balaban J connectivity index is 2.12. The van der Waals surface area contributed by atoms with Crippen LogP contribution in [-0.4, -0.2) is 36.6 Å². The maximum Gasteiger partial charge on any atom is 0.305 e. The maximum absolute atomic E-state index is 12.6. The minimum atomic E-state index is -0.888. The van der Waals surface area contributed by atoms with Crippen molar-refractivity contribution in [1.29, 1.82) is 0 Å². The van der Waals surface area contributed by atoms with Crippen LogP contribution >= 0.6 is 0 Å². The van der Waals surface area contributed by atoms with Crippen LogP contribution in [-0.2, 0) is 9.59 Å². The first-order valence-electron chi connectivity index (χ1n) is 6.97. The lowest BCUT2D eigenvalue weighted by molar-refractivity contribution is -0.136. The Morgan fingerprint density at radius 3 is 2.65 bits per heavy atom. The molecule has 1 aromatic carbocycles. The second-order valence-electron chi connectivity index (χ2n) is 5.01. The van der Waals surface area contributed by atoms with Crippen molar-refractivity contribution in [1.82, 2.24) is 5.32 Å². The fourth-order valence-electron chi connectivity index (χ4n) is 2.46. The van der Waals surface area contributed by atoms with Crippen LogP contribution in [0.3, 0.4) is 0 Å². The molecule has 2 N–H and O–H groups in total. The van der Waals surface area contributed by atoms with Crippen molar-refractivity contribution in [2.45, 2.75) is 19.3 Å². The largest absolute Gasteiger partial charge is 0.481 e. The number of aliphatic carboxylic acids is 1. The first-order chi connectivity index (χ1) is 9.68. The second-order valence-corrected chi connectivity index (χ2v) is 5.01. The van der Waals surface area contributed by atoms with Gasteiger partial charge in [0.15, 0.2) is 0 Å². The van der Waals surface area contributed by atoms with Crippen LogP contribution in [0.1, 0.15) is 19.3 Å². The van der Waals surface area contributed by atoms with Crippen molar-refractivity contribution in [3.63, 3.8) is 0 Å². The number of carboxylic acid groups (broad SMARTS) is 1. The molecule has 20 heavy (non-hydrogen) atoms. The Hall–Kier alpha value is -1.88. The van der Waals surface area contributed by atoms with Gasteiger partial charge in [-0.3, -0.25) is 9.59 Å². The van der Waals surface area contributed by atoms with E-state index >= 15 is 0 Å². The molecule has 1 unspecified atom stereocenters. The van der Waals surface area contributed by atoms with Gasteiger partial charge in [-0.1, -0.05) is 18.2 Å². The Labute approximate surface area is 118 Å². The molecule has 1 fully saturated rings.